The molecule has 0 unspecified atom stereocenters. The molecule has 1 N–H and O–H groups in total. The summed E-state index contributed by atoms with van der Waals surface area (Å²) in [6.45, 7) is 4.91. The lowest BCUT2D eigenvalue weighted by Crippen LogP contribution is -2.27. The third-order valence-electron chi connectivity index (χ3n) is 1.63. The Bertz CT molecular complexity index is 418. The van der Waals surface area contributed by atoms with Gasteiger partial charge in [0.05, 0.1) is 5.69 Å². The van der Waals surface area contributed by atoms with E-state index in [2.05, 4.69) is 5.32 Å². The van der Waals surface area contributed by atoms with Gasteiger partial charge in [-0.25, -0.2) is 18.0 Å². The van der Waals surface area contributed by atoms with Crippen LogP contribution in [-0.2, 0) is 4.74 Å². The zero-order chi connectivity index (χ0) is 13.2. The van der Waals surface area contributed by atoms with E-state index in [1.807, 2.05) is 0 Å². The van der Waals surface area contributed by atoms with Crippen molar-refractivity contribution in [3.05, 3.63) is 29.6 Å². The summed E-state index contributed by atoms with van der Waals surface area (Å²) in [5, 5.41) is 2.10. The molecule has 6 heteroatoms. The summed E-state index contributed by atoms with van der Waals surface area (Å²) in [6.07, 6.45) is -0.872. The van der Waals surface area contributed by atoms with Crippen molar-refractivity contribution in [2.24, 2.45) is 0 Å². The first kappa shape index (κ1) is 13.3. The molecule has 0 heterocycles. The highest BCUT2D eigenvalue weighted by Gasteiger charge is 2.17. The molecular formula is C11H12F3NO2. The molecule has 3 nitrogen and oxygen atoms in total. The molecular weight excluding hydrogens is 235 g/mol. The van der Waals surface area contributed by atoms with Crippen molar-refractivity contribution in [1.29, 1.82) is 0 Å². The Morgan fingerprint density at radius 3 is 2.06 bits per heavy atom. The highest BCUT2D eigenvalue weighted by molar-refractivity contribution is 5.84. The lowest BCUT2D eigenvalue weighted by Gasteiger charge is -2.19. The molecule has 0 aliphatic rings. The second kappa shape index (κ2) is 4.65. The largest absolute Gasteiger partial charge is 0.444 e. The van der Waals surface area contributed by atoms with Crippen molar-refractivity contribution >= 4 is 11.8 Å². The number of benzene rings is 1. The molecule has 0 saturated heterocycles. The van der Waals surface area contributed by atoms with E-state index >= 15 is 0 Å². The zero-order valence-electron chi connectivity index (χ0n) is 9.61. The fourth-order valence-corrected chi connectivity index (χ4v) is 1.05. The summed E-state index contributed by atoms with van der Waals surface area (Å²) in [4.78, 5) is 11.3. The summed E-state index contributed by atoms with van der Waals surface area (Å²) in [6, 6.07) is 1.34. The van der Waals surface area contributed by atoms with Crippen molar-refractivity contribution < 1.29 is 22.7 Å². The molecule has 1 amide bonds. The summed E-state index contributed by atoms with van der Waals surface area (Å²) >= 11 is 0. The average molecular weight is 247 g/mol. The quantitative estimate of drug-likeness (QED) is 0.772. The highest BCUT2D eigenvalue weighted by atomic mass is 19.2. The second-order valence-corrected chi connectivity index (χ2v) is 4.38. The number of rotatable bonds is 1. The van der Waals surface area contributed by atoms with Gasteiger partial charge in [0.25, 0.3) is 0 Å². The van der Waals surface area contributed by atoms with E-state index in [0.717, 1.165) is 0 Å². The first-order valence-corrected chi connectivity index (χ1v) is 4.83. The van der Waals surface area contributed by atoms with Crippen molar-refractivity contribution in [3.63, 3.8) is 0 Å². The molecule has 1 aromatic rings. The highest BCUT2D eigenvalue weighted by Crippen LogP contribution is 2.18. The number of hydrogen-bond acceptors (Lipinski definition) is 2. The van der Waals surface area contributed by atoms with Crippen LogP contribution in [0.2, 0.25) is 0 Å². The van der Waals surface area contributed by atoms with Crippen molar-refractivity contribution in [2.45, 2.75) is 26.4 Å². The molecule has 0 aromatic heterocycles. The number of anilines is 1. The monoisotopic (exact) mass is 247 g/mol. The Balaban J connectivity index is 2.79. The Morgan fingerprint density at radius 1 is 1.18 bits per heavy atom. The van der Waals surface area contributed by atoms with Gasteiger partial charge in [-0.1, -0.05) is 0 Å². The molecule has 17 heavy (non-hydrogen) atoms. The van der Waals surface area contributed by atoms with Gasteiger partial charge in [0, 0.05) is 12.1 Å². The maximum absolute atomic E-state index is 12.8. The van der Waals surface area contributed by atoms with Crippen LogP contribution in [0.3, 0.4) is 0 Å². The Morgan fingerprint density at radius 2 is 1.65 bits per heavy atom. The van der Waals surface area contributed by atoms with E-state index in [1.165, 1.54) is 0 Å². The summed E-state index contributed by atoms with van der Waals surface area (Å²) in [5.41, 5.74) is -0.947. The molecule has 0 spiro atoms. The zero-order valence-corrected chi connectivity index (χ0v) is 9.61. The predicted molar refractivity (Wildman–Crippen MR) is 56.2 cm³/mol. The smallest absolute Gasteiger partial charge is 0.412 e. The molecule has 0 radical (unpaired) electrons. The SMILES string of the molecule is CC(C)(C)OC(=O)Nc1cc(F)c(F)c(F)c1. The first-order valence-electron chi connectivity index (χ1n) is 4.83. The standard InChI is InChI=1S/C11H12F3NO2/c1-11(2,3)17-10(16)15-6-4-7(12)9(14)8(13)5-6/h4-5H,1-3H3,(H,15,16). The molecule has 0 saturated carbocycles. The van der Waals surface area contributed by atoms with E-state index in [-0.39, 0.29) is 5.69 Å². The Labute approximate surface area is 96.6 Å². The third kappa shape index (κ3) is 3.97. The number of ether oxygens (including phenoxy) is 1. The van der Waals surface area contributed by atoms with Gasteiger partial charge in [0.1, 0.15) is 5.60 Å². The van der Waals surface area contributed by atoms with E-state index in [4.69, 9.17) is 4.74 Å². The first-order chi connectivity index (χ1) is 7.69. The molecule has 0 fully saturated rings. The summed E-state index contributed by atoms with van der Waals surface area (Å²) < 4.78 is 43.1. The summed E-state index contributed by atoms with van der Waals surface area (Å²) in [5.74, 6) is -4.34. The molecule has 1 rings (SSSR count). The van der Waals surface area contributed by atoms with Gasteiger partial charge >= 0.3 is 6.09 Å². The molecule has 0 atom stereocenters. The van der Waals surface area contributed by atoms with E-state index in [9.17, 15) is 18.0 Å². The molecule has 0 aliphatic carbocycles. The van der Waals surface area contributed by atoms with Crippen LogP contribution in [0.1, 0.15) is 20.8 Å². The van der Waals surface area contributed by atoms with E-state index < -0.39 is 29.1 Å². The number of hydrogen-bond donors (Lipinski definition) is 1. The van der Waals surface area contributed by atoms with Crippen LogP contribution in [0.5, 0.6) is 0 Å². The minimum Gasteiger partial charge on any atom is -0.444 e. The molecule has 94 valence electrons. The van der Waals surface area contributed by atoms with Gasteiger partial charge in [0.15, 0.2) is 17.5 Å². The topological polar surface area (TPSA) is 38.3 Å². The predicted octanol–water partition coefficient (Wildman–Crippen LogP) is 3.45. The molecule has 0 bridgehead atoms. The number of halogens is 3. The molecule has 0 aliphatic heterocycles. The number of amides is 1. The fourth-order valence-electron chi connectivity index (χ4n) is 1.05. The number of carbonyl (C=O) groups is 1. The Kier molecular flexibility index (Phi) is 3.65. The van der Waals surface area contributed by atoms with Gasteiger partial charge in [-0.05, 0) is 20.8 Å². The van der Waals surface area contributed by atoms with Crippen LogP contribution >= 0.6 is 0 Å². The van der Waals surface area contributed by atoms with Gasteiger partial charge in [-0.2, -0.15) is 0 Å². The van der Waals surface area contributed by atoms with Crippen LogP contribution in [0, 0.1) is 17.5 Å². The normalized spacial score (nSPS) is 11.2. The van der Waals surface area contributed by atoms with Gasteiger partial charge in [-0.3, -0.25) is 5.32 Å². The van der Waals surface area contributed by atoms with Crippen molar-refractivity contribution in [1.82, 2.24) is 0 Å². The van der Waals surface area contributed by atoms with Crippen LogP contribution in [-0.4, -0.2) is 11.7 Å². The van der Waals surface area contributed by atoms with E-state index in [1.54, 1.807) is 20.8 Å². The Hall–Kier alpha value is -1.72. The maximum Gasteiger partial charge on any atom is 0.412 e. The van der Waals surface area contributed by atoms with Gasteiger partial charge in [-0.15, -0.1) is 0 Å². The number of carbonyl (C=O) groups excluding carboxylic acids is 1. The minimum absolute atomic E-state index is 0.212. The summed E-state index contributed by atoms with van der Waals surface area (Å²) in [7, 11) is 0. The van der Waals surface area contributed by atoms with E-state index in [0.29, 0.717) is 12.1 Å². The molecule has 1 aromatic carbocycles. The van der Waals surface area contributed by atoms with Gasteiger partial charge in [0.2, 0.25) is 0 Å². The maximum atomic E-state index is 12.8. The lowest BCUT2D eigenvalue weighted by atomic mass is 10.2. The minimum atomic E-state index is -1.58. The fraction of sp³-hybridized carbons (Fsp3) is 0.364. The third-order valence-corrected chi connectivity index (χ3v) is 1.63. The van der Waals surface area contributed by atoms with Crippen molar-refractivity contribution in [3.8, 4) is 0 Å². The lowest BCUT2D eigenvalue weighted by molar-refractivity contribution is 0.0636. The average Bonchev–Trinajstić information content (AvgIpc) is 2.10. The second-order valence-electron chi connectivity index (χ2n) is 4.38. The van der Waals surface area contributed by atoms with Crippen LogP contribution in [0.25, 0.3) is 0 Å². The van der Waals surface area contributed by atoms with Gasteiger partial charge < -0.3 is 4.74 Å². The van der Waals surface area contributed by atoms with Crippen molar-refractivity contribution in [2.75, 3.05) is 5.32 Å². The number of nitrogens with one attached hydrogen (secondary N) is 1. The van der Waals surface area contributed by atoms with Crippen LogP contribution in [0.15, 0.2) is 12.1 Å². The van der Waals surface area contributed by atoms with Crippen LogP contribution < -0.4 is 5.32 Å². The van der Waals surface area contributed by atoms with Crippen LogP contribution in [0.4, 0.5) is 23.7 Å².